The van der Waals surface area contributed by atoms with Crippen molar-refractivity contribution in [2.75, 3.05) is 0 Å². The Kier molecular flexibility index (Phi) is 4.77. The monoisotopic (exact) mass is 416 g/mol. The molecule has 0 unspecified atom stereocenters. The van der Waals surface area contributed by atoms with Crippen LogP contribution < -0.4 is 0 Å². The highest BCUT2D eigenvalue weighted by molar-refractivity contribution is 7.90. The largest absolute Gasteiger partial charge is 0.267 e. The van der Waals surface area contributed by atoms with Gasteiger partial charge in [-0.05, 0) is 17.7 Å². The summed E-state index contributed by atoms with van der Waals surface area (Å²) < 4.78 is 25.8. The van der Waals surface area contributed by atoms with Crippen LogP contribution in [0.4, 0.5) is 0 Å². The van der Waals surface area contributed by atoms with Gasteiger partial charge in [-0.15, -0.1) is 10.2 Å². The fourth-order valence-electron chi connectivity index (χ4n) is 2.59. The van der Waals surface area contributed by atoms with Crippen molar-refractivity contribution in [2.24, 2.45) is 0 Å². The Morgan fingerprint density at radius 3 is 2.44 bits per heavy atom. The van der Waals surface area contributed by atoms with Crippen LogP contribution in [0.25, 0.3) is 21.7 Å². The van der Waals surface area contributed by atoms with Gasteiger partial charge in [-0.1, -0.05) is 65.4 Å². The number of halogens is 1. The Labute approximate surface area is 164 Å². The Morgan fingerprint density at radius 1 is 0.963 bits per heavy atom. The van der Waals surface area contributed by atoms with Gasteiger partial charge in [-0.25, -0.2) is 8.42 Å². The zero-order valence-corrected chi connectivity index (χ0v) is 16.2. The molecule has 4 aromatic rings. The number of nitrogens with zero attached hydrogens (tertiary/aromatic N) is 3. The van der Waals surface area contributed by atoms with Gasteiger partial charge in [0.1, 0.15) is 15.8 Å². The summed E-state index contributed by atoms with van der Waals surface area (Å²) in [4.78, 5) is 0. The zero-order valence-electron chi connectivity index (χ0n) is 13.8. The van der Waals surface area contributed by atoms with Gasteiger partial charge in [0.15, 0.2) is 5.03 Å². The molecule has 0 spiro atoms. The second-order valence-corrected chi connectivity index (χ2v) is 9.17. The van der Waals surface area contributed by atoms with Crippen molar-refractivity contribution in [2.45, 2.75) is 10.8 Å². The van der Waals surface area contributed by atoms with Gasteiger partial charge in [0.25, 0.3) is 0 Å². The average molecular weight is 417 g/mol. The first-order valence-electron chi connectivity index (χ1n) is 7.93. The van der Waals surface area contributed by atoms with Gasteiger partial charge >= 0.3 is 0 Å². The number of hydrogen-bond acceptors (Lipinski definition) is 6. The zero-order chi connectivity index (χ0) is 18.9. The molecular formula is C18H13ClN4O2S2. The van der Waals surface area contributed by atoms with E-state index >= 15 is 0 Å². The van der Waals surface area contributed by atoms with Crippen LogP contribution in [-0.4, -0.2) is 28.8 Å². The van der Waals surface area contributed by atoms with E-state index in [4.69, 9.17) is 11.6 Å². The summed E-state index contributed by atoms with van der Waals surface area (Å²) in [5, 5.41) is 16.4. The van der Waals surface area contributed by atoms with Crippen molar-refractivity contribution in [1.82, 2.24) is 20.4 Å². The van der Waals surface area contributed by atoms with Crippen molar-refractivity contribution in [3.05, 3.63) is 70.8 Å². The molecule has 136 valence electrons. The third kappa shape index (κ3) is 3.78. The van der Waals surface area contributed by atoms with E-state index in [-0.39, 0.29) is 10.8 Å². The molecule has 0 atom stereocenters. The van der Waals surface area contributed by atoms with Crippen molar-refractivity contribution in [1.29, 1.82) is 0 Å². The number of sulfone groups is 1. The molecule has 0 aliphatic heterocycles. The van der Waals surface area contributed by atoms with Crippen LogP contribution in [-0.2, 0) is 15.6 Å². The van der Waals surface area contributed by atoms with Gasteiger partial charge in [0, 0.05) is 16.1 Å². The van der Waals surface area contributed by atoms with E-state index in [2.05, 4.69) is 20.4 Å². The summed E-state index contributed by atoms with van der Waals surface area (Å²) >= 11 is 7.13. The van der Waals surface area contributed by atoms with Crippen molar-refractivity contribution in [3.8, 4) is 21.7 Å². The maximum Gasteiger partial charge on any atom is 0.202 e. The molecule has 1 N–H and O–H groups in total. The predicted molar refractivity (Wildman–Crippen MR) is 105 cm³/mol. The molecule has 0 saturated carbocycles. The Balaban J connectivity index is 1.62. The predicted octanol–water partition coefficient (Wildman–Crippen LogP) is 4.22. The summed E-state index contributed by atoms with van der Waals surface area (Å²) in [6.07, 6.45) is 1.52. The minimum absolute atomic E-state index is 0.0805. The van der Waals surface area contributed by atoms with E-state index in [1.807, 2.05) is 42.5 Å². The van der Waals surface area contributed by atoms with E-state index < -0.39 is 9.84 Å². The van der Waals surface area contributed by atoms with Crippen molar-refractivity contribution in [3.63, 3.8) is 0 Å². The van der Waals surface area contributed by atoms with Crippen LogP contribution in [0, 0.1) is 0 Å². The van der Waals surface area contributed by atoms with Crippen molar-refractivity contribution >= 4 is 32.8 Å². The quantitative estimate of drug-likeness (QED) is 0.526. The summed E-state index contributed by atoms with van der Waals surface area (Å²) in [6, 6.07) is 16.4. The maximum atomic E-state index is 12.9. The summed E-state index contributed by atoms with van der Waals surface area (Å²) in [5.41, 5.74) is 2.16. The van der Waals surface area contributed by atoms with Gasteiger partial charge in [-0.3, -0.25) is 5.10 Å². The molecule has 2 aromatic carbocycles. The molecule has 0 saturated heterocycles. The lowest BCUT2D eigenvalue weighted by molar-refractivity contribution is 0.591. The highest BCUT2D eigenvalue weighted by atomic mass is 35.5. The SMILES string of the molecule is O=S(=O)(Cc1nnc(-c2ccc(Cl)cc2)s1)c1[nH]ncc1-c1ccccc1. The first kappa shape index (κ1) is 17.8. The second-order valence-electron chi connectivity index (χ2n) is 5.75. The molecule has 0 bridgehead atoms. The van der Waals surface area contributed by atoms with Crippen LogP contribution >= 0.6 is 22.9 Å². The van der Waals surface area contributed by atoms with E-state index in [9.17, 15) is 8.42 Å². The molecule has 2 heterocycles. The fraction of sp³-hybridized carbons (Fsp3) is 0.0556. The molecule has 0 aliphatic rings. The Morgan fingerprint density at radius 2 is 1.70 bits per heavy atom. The molecular weight excluding hydrogens is 404 g/mol. The number of H-pyrrole nitrogens is 1. The van der Waals surface area contributed by atoms with E-state index in [0.717, 1.165) is 11.1 Å². The summed E-state index contributed by atoms with van der Waals surface area (Å²) in [6.45, 7) is 0. The fourth-order valence-corrected chi connectivity index (χ4v) is 5.28. The molecule has 0 aliphatic carbocycles. The number of aromatic amines is 1. The number of aromatic nitrogens is 4. The lowest BCUT2D eigenvalue weighted by Gasteiger charge is -2.03. The number of hydrogen-bond donors (Lipinski definition) is 1. The summed E-state index contributed by atoms with van der Waals surface area (Å²) in [7, 11) is -3.66. The first-order valence-corrected chi connectivity index (χ1v) is 10.8. The van der Waals surface area contributed by atoms with Crippen LogP contribution in [0.15, 0.2) is 65.8 Å². The Hall–Kier alpha value is -2.55. The lowest BCUT2D eigenvalue weighted by Crippen LogP contribution is -2.07. The first-order chi connectivity index (χ1) is 13.0. The van der Waals surface area contributed by atoms with E-state index in [1.165, 1.54) is 17.5 Å². The third-order valence-corrected chi connectivity index (χ3v) is 6.87. The summed E-state index contributed by atoms with van der Waals surface area (Å²) in [5.74, 6) is -0.250. The normalized spacial score (nSPS) is 11.6. The number of nitrogens with one attached hydrogen (secondary N) is 1. The topological polar surface area (TPSA) is 88.6 Å². The highest BCUT2D eigenvalue weighted by Gasteiger charge is 2.24. The number of rotatable bonds is 5. The molecule has 0 fully saturated rings. The van der Waals surface area contributed by atoms with E-state index in [1.54, 1.807) is 12.1 Å². The van der Waals surface area contributed by atoms with Crippen molar-refractivity contribution < 1.29 is 8.42 Å². The van der Waals surface area contributed by atoms with Crippen LogP contribution in [0.5, 0.6) is 0 Å². The maximum absolute atomic E-state index is 12.9. The smallest absolute Gasteiger partial charge is 0.202 e. The minimum Gasteiger partial charge on any atom is -0.267 e. The molecule has 0 amide bonds. The van der Waals surface area contributed by atoms with Gasteiger partial charge < -0.3 is 0 Å². The van der Waals surface area contributed by atoms with Crippen LogP contribution in [0.2, 0.25) is 5.02 Å². The van der Waals surface area contributed by atoms with Gasteiger partial charge in [-0.2, -0.15) is 5.10 Å². The standard InChI is InChI=1S/C18H13ClN4O2S2/c19-14-8-6-13(7-9-14)17-22-21-16(26-17)11-27(24,25)18-15(10-20-23-18)12-4-2-1-3-5-12/h1-10H,11H2,(H,20,23). The number of benzene rings is 2. The molecule has 0 radical (unpaired) electrons. The second kappa shape index (κ2) is 7.22. The van der Waals surface area contributed by atoms with Crippen LogP contribution in [0.3, 0.4) is 0 Å². The minimum atomic E-state index is -3.66. The Bertz CT molecular complexity index is 1170. The molecule has 9 heteroatoms. The molecule has 4 rings (SSSR count). The lowest BCUT2D eigenvalue weighted by atomic mass is 10.1. The van der Waals surface area contributed by atoms with Crippen LogP contribution in [0.1, 0.15) is 5.01 Å². The van der Waals surface area contributed by atoms with Gasteiger partial charge in [0.2, 0.25) is 9.84 Å². The highest BCUT2D eigenvalue weighted by Crippen LogP contribution is 2.30. The average Bonchev–Trinajstić information content (AvgIpc) is 3.33. The molecule has 6 nitrogen and oxygen atoms in total. The third-order valence-electron chi connectivity index (χ3n) is 3.87. The van der Waals surface area contributed by atoms with Gasteiger partial charge in [0.05, 0.1) is 6.20 Å². The van der Waals surface area contributed by atoms with E-state index in [0.29, 0.717) is 20.6 Å². The molecule has 2 aromatic heterocycles. The molecule has 27 heavy (non-hydrogen) atoms.